The van der Waals surface area contributed by atoms with Gasteiger partial charge in [0.25, 0.3) is 0 Å². The van der Waals surface area contributed by atoms with Crippen LogP contribution in [0.5, 0.6) is 0 Å². The first-order chi connectivity index (χ1) is 13.1. The summed E-state index contributed by atoms with van der Waals surface area (Å²) >= 11 is 2.94. The van der Waals surface area contributed by atoms with Gasteiger partial charge in [-0.15, -0.1) is 11.3 Å². The Kier molecular flexibility index (Phi) is 4.91. The number of thioether (sulfide) groups is 1. The highest BCUT2D eigenvalue weighted by atomic mass is 32.2. The van der Waals surface area contributed by atoms with Gasteiger partial charge in [0.2, 0.25) is 5.91 Å². The Bertz CT molecular complexity index is 1110. The molecule has 8 heteroatoms. The van der Waals surface area contributed by atoms with Gasteiger partial charge in [-0.1, -0.05) is 23.9 Å². The number of halogens is 1. The molecule has 0 fully saturated rings. The molecular weight excluding hydrogens is 383 g/mol. The number of carbonyl (C=O) groups excluding carboxylic acids is 1. The van der Waals surface area contributed by atoms with E-state index in [2.05, 4.69) is 15.4 Å². The maximum Gasteiger partial charge on any atom is 0.234 e. The Balaban J connectivity index is 1.48. The van der Waals surface area contributed by atoms with Gasteiger partial charge in [-0.3, -0.25) is 4.79 Å². The lowest BCUT2D eigenvalue weighted by Gasteiger charge is -2.06. The summed E-state index contributed by atoms with van der Waals surface area (Å²) in [7, 11) is 0. The maximum atomic E-state index is 13.6. The van der Waals surface area contributed by atoms with E-state index in [1.807, 2.05) is 23.6 Å². The number of thiophene rings is 1. The van der Waals surface area contributed by atoms with Crippen molar-refractivity contribution in [2.75, 3.05) is 11.1 Å². The molecule has 3 aromatic heterocycles. The van der Waals surface area contributed by atoms with Crippen LogP contribution in [0.1, 0.15) is 5.56 Å². The zero-order valence-electron chi connectivity index (χ0n) is 14.3. The van der Waals surface area contributed by atoms with Crippen molar-refractivity contribution in [2.45, 2.75) is 11.9 Å². The van der Waals surface area contributed by atoms with E-state index in [1.165, 1.54) is 17.8 Å². The second-order valence-corrected chi connectivity index (χ2v) is 7.78. The van der Waals surface area contributed by atoms with Gasteiger partial charge in [-0.05, 0) is 42.1 Å². The van der Waals surface area contributed by atoms with E-state index in [0.29, 0.717) is 11.3 Å². The van der Waals surface area contributed by atoms with Crippen molar-refractivity contribution in [1.82, 2.24) is 14.6 Å². The summed E-state index contributed by atoms with van der Waals surface area (Å²) in [6.45, 7) is 1.68. The molecule has 3 heterocycles. The number of rotatable bonds is 5. The summed E-state index contributed by atoms with van der Waals surface area (Å²) in [5.41, 5.74) is 2.71. The predicted molar refractivity (Wildman–Crippen MR) is 107 cm³/mol. The van der Waals surface area contributed by atoms with Gasteiger partial charge in [-0.2, -0.15) is 5.10 Å². The van der Waals surface area contributed by atoms with E-state index in [4.69, 9.17) is 0 Å². The summed E-state index contributed by atoms with van der Waals surface area (Å²) in [6, 6.07) is 10.6. The number of aromatic nitrogens is 3. The van der Waals surface area contributed by atoms with Crippen molar-refractivity contribution in [1.29, 1.82) is 0 Å². The minimum Gasteiger partial charge on any atom is -0.325 e. The molecule has 0 spiro atoms. The Morgan fingerprint density at radius 3 is 3.00 bits per heavy atom. The number of fused-ring (bicyclic) bond motifs is 1. The second kappa shape index (κ2) is 7.50. The van der Waals surface area contributed by atoms with E-state index in [1.54, 1.807) is 47.3 Å². The van der Waals surface area contributed by atoms with Crippen LogP contribution in [0, 0.1) is 12.7 Å². The largest absolute Gasteiger partial charge is 0.325 e. The minimum absolute atomic E-state index is 0.168. The molecule has 4 aromatic rings. The molecule has 0 radical (unpaired) electrons. The molecule has 0 aliphatic rings. The van der Waals surface area contributed by atoms with Crippen LogP contribution in [0.2, 0.25) is 0 Å². The van der Waals surface area contributed by atoms with Crippen LogP contribution >= 0.6 is 23.1 Å². The molecule has 1 aromatic carbocycles. The number of anilines is 1. The van der Waals surface area contributed by atoms with Crippen molar-refractivity contribution >= 4 is 40.2 Å². The number of aryl methyl sites for hydroxylation is 1. The maximum absolute atomic E-state index is 13.6. The molecule has 0 bridgehead atoms. The lowest BCUT2D eigenvalue weighted by atomic mass is 10.2. The molecular formula is C19H15FN4OS2. The van der Waals surface area contributed by atoms with Gasteiger partial charge in [0, 0.05) is 18.1 Å². The normalized spacial score (nSPS) is 11.0. The van der Waals surface area contributed by atoms with Crippen molar-refractivity contribution < 1.29 is 9.18 Å². The smallest absolute Gasteiger partial charge is 0.234 e. The third kappa shape index (κ3) is 3.86. The van der Waals surface area contributed by atoms with E-state index in [0.717, 1.165) is 21.1 Å². The Labute approximate surface area is 163 Å². The van der Waals surface area contributed by atoms with Crippen LogP contribution < -0.4 is 5.32 Å². The molecule has 0 aliphatic heterocycles. The van der Waals surface area contributed by atoms with Crippen LogP contribution in [-0.4, -0.2) is 26.3 Å². The highest BCUT2D eigenvalue weighted by Crippen LogP contribution is 2.28. The fraction of sp³-hybridized carbons (Fsp3) is 0.105. The van der Waals surface area contributed by atoms with Gasteiger partial charge < -0.3 is 5.32 Å². The average Bonchev–Trinajstić information content (AvgIpc) is 3.32. The fourth-order valence-corrected chi connectivity index (χ4v) is 4.01. The lowest BCUT2D eigenvalue weighted by molar-refractivity contribution is -0.113. The standard InChI is InChI=1S/C19H15FN4OS2/c1-12-4-5-13(9-14(12)20)22-18(25)11-27-19-16-10-15(17-3-2-8-26-17)23-24(16)7-6-21-19/h2-10H,11H2,1H3,(H,22,25). The number of carbonyl (C=O) groups is 1. The molecule has 0 aliphatic carbocycles. The minimum atomic E-state index is -0.341. The van der Waals surface area contributed by atoms with Gasteiger partial charge in [0.15, 0.2) is 0 Å². The van der Waals surface area contributed by atoms with Gasteiger partial charge >= 0.3 is 0 Å². The first kappa shape index (κ1) is 17.7. The average molecular weight is 398 g/mol. The first-order valence-electron chi connectivity index (χ1n) is 8.17. The molecule has 1 amide bonds. The number of hydrogen-bond acceptors (Lipinski definition) is 5. The molecule has 27 heavy (non-hydrogen) atoms. The van der Waals surface area contributed by atoms with Crippen molar-refractivity contribution in [2.24, 2.45) is 0 Å². The Hall–Kier alpha value is -2.71. The number of benzene rings is 1. The van der Waals surface area contributed by atoms with E-state index < -0.39 is 0 Å². The SMILES string of the molecule is Cc1ccc(NC(=O)CSc2nccn3nc(-c4cccs4)cc23)cc1F. The van der Waals surface area contributed by atoms with Crippen LogP contribution in [-0.2, 0) is 4.79 Å². The first-order valence-corrected chi connectivity index (χ1v) is 10.0. The van der Waals surface area contributed by atoms with Crippen molar-refractivity contribution in [3.63, 3.8) is 0 Å². The molecule has 0 saturated carbocycles. The highest BCUT2D eigenvalue weighted by Gasteiger charge is 2.12. The van der Waals surface area contributed by atoms with Crippen LogP contribution in [0.3, 0.4) is 0 Å². The molecule has 0 saturated heterocycles. The van der Waals surface area contributed by atoms with E-state index in [-0.39, 0.29) is 17.5 Å². The predicted octanol–water partition coefficient (Wildman–Crippen LogP) is 4.64. The quantitative estimate of drug-likeness (QED) is 0.498. The van der Waals surface area contributed by atoms with E-state index >= 15 is 0 Å². The molecule has 4 rings (SSSR count). The number of nitrogens with zero attached hydrogens (tertiary/aromatic N) is 3. The Morgan fingerprint density at radius 1 is 1.33 bits per heavy atom. The summed E-state index contributed by atoms with van der Waals surface area (Å²) in [5.74, 6) is -0.390. The number of amides is 1. The lowest BCUT2D eigenvalue weighted by Crippen LogP contribution is -2.14. The summed E-state index contributed by atoms with van der Waals surface area (Å²) < 4.78 is 15.4. The summed E-state index contributed by atoms with van der Waals surface area (Å²) in [6.07, 6.45) is 3.44. The monoisotopic (exact) mass is 398 g/mol. The third-order valence-electron chi connectivity index (χ3n) is 3.92. The fourth-order valence-electron chi connectivity index (χ4n) is 2.56. The van der Waals surface area contributed by atoms with Crippen LogP contribution in [0.4, 0.5) is 10.1 Å². The number of nitrogens with one attached hydrogen (secondary N) is 1. The summed E-state index contributed by atoms with van der Waals surface area (Å²) in [4.78, 5) is 17.7. The molecule has 5 nitrogen and oxygen atoms in total. The zero-order valence-corrected chi connectivity index (χ0v) is 16.0. The molecule has 0 atom stereocenters. The van der Waals surface area contributed by atoms with Crippen LogP contribution in [0.15, 0.2) is 59.2 Å². The molecule has 0 unspecified atom stereocenters. The highest BCUT2D eigenvalue weighted by molar-refractivity contribution is 8.00. The van der Waals surface area contributed by atoms with Crippen molar-refractivity contribution in [3.8, 4) is 10.6 Å². The second-order valence-electron chi connectivity index (χ2n) is 5.87. The Morgan fingerprint density at radius 2 is 2.22 bits per heavy atom. The van der Waals surface area contributed by atoms with Gasteiger partial charge in [0.05, 0.1) is 16.1 Å². The summed E-state index contributed by atoms with van der Waals surface area (Å²) in [5, 5.41) is 9.99. The molecule has 136 valence electrons. The van der Waals surface area contributed by atoms with Crippen molar-refractivity contribution in [3.05, 3.63) is 65.6 Å². The van der Waals surface area contributed by atoms with Crippen LogP contribution in [0.25, 0.3) is 16.1 Å². The zero-order chi connectivity index (χ0) is 18.8. The van der Waals surface area contributed by atoms with E-state index in [9.17, 15) is 9.18 Å². The van der Waals surface area contributed by atoms with Gasteiger partial charge in [0.1, 0.15) is 16.5 Å². The topological polar surface area (TPSA) is 59.3 Å². The third-order valence-corrected chi connectivity index (χ3v) is 5.81. The van der Waals surface area contributed by atoms with Gasteiger partial charge in [-0.25, -0.2) is 13.9 Å². The molecule has 1 N–H and O–H groups in total. The number of hydrogen-bond donors (Lipinski definition) is 1.